The first-order chi connectivity index (χ1) is 11.3. The van der Waals surface area contributed by atoms with Crippen LogP contribution in [0, 0.1) is 5.92 Å². The molecule has 2 heterocycles. The lowest BCUT2D eigenvalue weighted by Crippen LogP contribution is -2.35. The van der Waals surface area contributed by atoms with Gasteiger partial charge in [-0.1, -0.05) is 19.3 Å². The lowest BCUT2D eigenvalue weighted by atomic mass is 9.99. The Morgan fingerprint density at radius 3 is 2.50 bits per heavy atom. The first-order valence-corrected chi connectivity index (χ1v) is 9.53. The van der Waals surface area contributed by atoms with Crippen LogP contribution in [0.15, 0.2) is 0 Å². The Bertz CT molecular complexity index is 399. The SMILES string of the molecule is CC(C)(C)OC(=O)N1CC[C@@H](CCCCCCC2(C)OCCO2)C1. The Kier molecular flexibility index (Phi) is 6.93. The first kappa shape index (κ1) is 19.5. The third-order valence-corrected chi connectivity index (χ3v) is 4.83. The van der Waals surface area contributed by atoms with Gasteiger partial charge in [-0.15, -0.1) is 0 Å². The molecule has 0 bridgehead atoms. The number of carbonyl (C=O) groups is 1. The molecule has 0 aromatic rings. The fraction of sp³-hybridized carbons (Fsp3) is 0.947. The molecular formula is C19H35NO4. The summed E-state index contributed by atoms with van der Waals surface area (Å²) in [7, 11) is 0. The highest BCUT2D eigenvalue weighted by Gasteiger charge is 2.30. The highest BCUT2D eigenvalue weighted by atomic mass is 16.7. The van der Waals surface area contributed by atoms with Gasteiger partial charge in [0.1, 0.15) is 5.60 Å². The minimum Gasteiger partial charge on any atom is -0.444 e. The number of carbonyl (C=O) groups excluding carboxylic acids is 1. The molecule has 1 atom stereocenters. The number of rotatable bonds is 7. The molecule has 140 valence electrons. The zero-order valence-electron chi connectivity index (χ0n) is 15.9. The molecule has 0 spiro atoms. The molecule has 0 aromatic carbocycles. The molecule has 0 N–H and O–H groups in total. The van der Waals surface area contributed by atoms with Crippen molar-refractivity contribution < 1.29 is 19.0 Å². The molecule has 0 aliphatic carbocycles. The van der Waals surface area contributed by atoms with Crippen LogP contribution in [-0.4, -0.2) is 48.7 Å². The van der Waals surface area contributed by atoms with Crippen LogP contribution >= 0.6 is 0 Å². The fourth-order valence-corrected chi connectivity index (χ4v) is 3.49. The summed E-state index contributed by atoms with van der Waals surface area (Å²) < 4.78 is 16.7. The van der Waals surface area contributed by atoms with Gasteiger partial charge in [0, 0.05) is 19.5 Å². The van der Waals surface area contributed by atoms with Gasteiger partial charge < -0.3 is 19.1 Å². The number of hydrogen-bond donors (Lipinski definition) is 0. The van der Waals surface area contributed by atoms with Gasteiger partial charge in [-0.25, -0.2) is 4.79 Å². The van der Waals surface area contributed by atoms with Gasteiger partial charge in [-0.3, -0.25) is 0 Å². The molecule has 24 heavy (non-hydrogen) atoms. The largest absolute Gasteiger partial charge is 0.444 e. The molecule has 2 aliphatic heterocycles. The predicted octanol–water partition coefficient (Wildman–Crippen LogP) is 4.35. The van der Waals surface area contributed by atoms with Crippen LogP contribution < -0.4 is 0 Å². The van der Waals surface area contributed by atoms with Gasteiger partial charge in [-0.05, 0) is 52.9 Å². The lowest BCUT2D eigenvalue weighted by molar-refractivity contribution is -0.147. The van der Waals surface area contributed by atoms with Crippen molar-refractivity contribution in [2.75, 3.05) is 26.3 Å². The van der Waals surface area contributed by atoms with Crippen LogP contribution in [0.2, 0.25) is 0 Å². The molecule has 0 saturated carbocycles. The van der Waals surface area contributed by atoms with Crippen LogP contribution in [0.25, 0.3) is 0 Å². The zero-order chi connectivity index (χ0) is 17.6. The van der Waals surface area contributed by atoms with Crippen LogP contribution in [0.5, 0.6) is 0 Å². The van der Waals surface area contributed by atoms with Crippen LogP contribution in [-0.2, 0) is 14.2 Å². The maximum Gasteiger partial charge on any atom is 0.410 e. The highest BCUT2D eigenvalue weighted by molar-refractivity contribution is 5.68. The Labute approximate surface area is 147 Å². The normalized spacial score (nSPS) is 23.7. The maximum absolute atomic E-state index is 12.1. The highest BCUT2D eigenvalue weighted by Crippen LogP contribution is 2.27. The average Bonchev–Trinajstić information content (AvgIpc) is 3.10. The number of hydrogen-bond acceptors (Lipinski definition) is 4. The summed E-state index contributed by atoms with van der Waals surface area (Å²) in [5, 5.41) is 0. The van der Waals surface area contributed by atoms with E-state index in [0.717, 1.165) is 45.6 Å². The molecule has 2 rings (SSSR count). The van der Waals surface area contributed by atoms with Crippen LogP contribution in [0.3, 0.4) is 0 Å². The third-order valence-electron chi connectivity index (χ3n) is 4.83. The Morgan fingerprint density at radius 1 is 1.17 bits per heavy atom. The van der Waals surface area contributed by atoms with E-state index < -0.39 is 5.60 Å². The van der Waals surface area contributed by atoms with Gasteiger partial charge in [0.2, 0.25) is 0 Å². The number of ether oxygens (including phenoxy) is 3. The van der Waals surface area contributed by atoms with Crippen molar-refractivity contribution in [2.45, 2.75) is 84.0 Å². The lowest BCUT2D eigenvalue weighted by Gasteiger charge is -2.24. The van der Waals surface area contributed by atoms with Gasteiger partial charge in [-0.2, -0.15) is 0 Å². The van der Waals surface area contributed by atoms with E-state index in [1.165, 1.54) is 25.7 Å². The molecule has 2 aliphatic rings. The second kappa shape index (κ2) is 8.52. The monoisotopic (exact) mass is 341 g/mol. The van der Waals surface area contributed by atoms with Gasteiger partial charge in [0.15, 0.2) is 5.79 Å². The molecule has 0 radical (unpaired) electrons. The Balaban J connectivity index is 1.52. The van der Waals surface area contributed by atoms with Crippen LogP contribution in [0.1, 0.15) is 72.6 Å². The fourth-order valence-electron chi connectivity index (χ4n) is 3.49. The van der Waals surface area contributed by atoms with E-state index in [-0.39, 0.29) is 11.9 Å². The smallest absolute Gasteiger partial charge is 0.410 e. The maximum atomic E-state index is 12.1. The second-order valence-corrected chi connectivity index (χ2v) is 8.36. The molecule has 2 fully saturated rings. The van der Waals surface area contributed by atoms with E-state index in [0.29, 0.717) is 5.92 Å². The summed E-state index contributed by atoms with van der Waals surface area (Å²) in [4.78, 5) is 13.9. The summed E-state index contributed by atoms with van der Waals surface area (Å²) in [5.41, 5.74) is -0.404. The van der Waals surface area contributed by atoms with Crippen molar-refractivity contribution in [1.82, 2.24) is 4.90 Å². The molecule has 1 amide bonds. The van der Waals surface area contributed by atoms with Crippen molar-refractivity contribution in [1.29, 1.82) is 0 Å². The number of amides is 1. The van der Waals surface area contributed by atoms with Crippen LogP contribution in [0.4, 0.5) is 4.79 Å². The average molecular weight is 341 g/mol. The minimum atomic E-state index is -0.404. The molecule has 5 nitrogen and oxygen atoms in total. The molecular weight excluding hydrogens is 306 g/mol. The van der Waals surface area contributed by atoms with E-state index in [1.807, 2.05) is 32.6 Å². The number of likely N-dealkylation sites (tertiary alicyclic amines) is 1. The summed E-state index contributed by atoms with van der Waals surface area (Å²) >= 11 is 0. The quantitative estimate of drug-likeness (QED) is 0.646. The first-order valence-electron chi connectivity index (χ1n) is 9.53. The van der Waals surface area contributed by atoms with Crippen molar-refractivity contribution in [3.63, 3.8) is 0 Å². The summed E-state index contributed by atoms with van der Waals surface area (Å²) in [6.45, 7) is 10.9. The van der Waals surface area contributed by atoms with E-state index in [4.69, 9.17) is 14.2 Å². The molecule has 2 saturated heterocycles. The number of nitrogens with zero attached hydrogens (tertiary/aromatic N) is 1. The Morgan fingerprint density at radius 2 is 1.83 bits per heavy atom. The van der Waals surface area contributed by atoms with Crippen molar-refractivity contribution >= 4 is 6.09 Å². The van der Waals surface area contributed by atoms with E-state index >= 15 is 0 Å². The van der Waals surface area contributed by atoms with Crippen molar-refractivity contribution in [2.24, 2.45) is 5.92 Å². The topological polar surface area (TPSA) is 48.0 Å². The van der Waals surface area contributed by atoms with Gasteiger partial charge in [0.25, 0.3) is 0 Å². The zero-order valence-corrected chi connectivity index (χ0v) is 15.9. The number of unbranched alkanes of at least 4 members (excludes halogenated alkanes) is 3. The summed E-state index contributed by atoms with van der Waals surface area (Å²) in [5.74, 6) is 0.302. The third kappa shape index (κ3) is 6.60. The van der Waals surface area contributed by atoms with Gasteiger partial charge >= 0.3 is 6.09 Å². The van der Waals surface area contributed by atoms with Gasteiger partial charge in [0.05, 0.1) is 13.2 Å². The standard InChI is InChI=1S/C19H35NO4/c1-18(2,3)24-17(21)20-12-10-16(15-20)9-7-5-6-8-11-19(4)22-13-14-23-19/h16H,5-15H2,1-4H3/t16-/m1/s1. The second-order valence-electron chi connectivity index (χ2n) is 8.36. The van der Waals surface area contributed by atoms with E-state index in [2.05, 4.69) is 0 Å². The molecule has 5 heteroatoms. The molecule has 0 unspecified atom stereocenters. The summed E-state index contributed by atoms with van der Waals surface area (Å²) in [6.07, 6.45) is 8.03. The van der Waals surface area contributed by atoms with E-state index in [9.17, 15) is 4.79 Å². The Hall–Kier alpha value is -0.810. The van der Waals surface area contributed by atoms with Crippen molar-refractivity contribution in [3.8, 4) is 0 Å². The van der Waals surface area contributed by atoms with E-state index in [1.54, 1.807) is 0 Å². The summed E-state index contributed by atoms with van der Waals surface area (Å²) in [6, 6.07) is 0. The minimum absolute atomic E-state index is 0.158. The molecule has 0 aromatic heterocycles. The van der Waals surface area contributed by atoms with Crippen molar-refractivity contribution in [3.05, 3.63) is 0 Å². The predicted molar refractivity (Wildman–Crippen MR) is 93.9 cm³/mol.